The highest BCUT2D eigenvalue weighted by Crippen LogP contribution is 2.47. The van der Waals surface area contributed by atoms with Crippen LogP contribution < -0.4 is 0 Å². The van der Waals surface area contributed by atoms with Gasteiger partial charge in [-0.15, -0.1) is 0 Å². The summed E-state index contributed by atoms with van der Waals surface area (Å²) in [5, 5.41) is 16.4. The number of aromatic amines is 1. The predicted molar refractivity (Wildman–Crippen MR) is 126 cm³/mol. The van der Waals surface area contributed by atoms with E-state index in [4.69, 9.17) is 0 Å². The topological polar surface area (TPSA) is 108 Å². The zero-order chi connectivity index (χ0) is 24.0. The number of ketones is 1. The van der Waals surface area contributed by atoms with Crippen molar-refractivity contribution in [2.24, 2.45) is 16.3 Å². The highest BCUT2D eigenvalue weighted by molar-refractivity contribution is 6.11. The number of nitrogens with one attached hydrogen (secondary N) is 1. The molecule has 0 saturated heterocycles. The smallest absolute Gasteiger partial charge is 0.354 e. The maximum Gasteiger partial charge on any atom is 0.354 e. The van der Waals surface area contributed by atoms with E-state index in [0.717, 1.165) is 16.8 Å². The Bertz CT molecular complexity index is 1350. The molecule has 2 aliphatic rings. The Hall–Kier alpha value is -3.94. The van der Waals surface area contributed by atoms with Crippen LogP contribution in [0.4, 0.5) is 10.2 Å². The Balaban J connectivity index is 1.51. The summed E-state index contributed by atoms with van der Waals surface area (Å²) in [7, 11) is 0. The molecule has 7 nitrogen and oxygen atoms in total. The van der Waals surface area contributed by atoms with Gasteiger partial charge in [0.1, 0.15) is 17.3 Å². The van der Waals surface area contributed by atoms with Crippen molar-refractivity contribution in [3.63, 3.8) is 0 Å². The van der Waals surface area contributed by atoms with Crippen molar-refractivity contribution in [2.75, 3.05) is 0 Å². The van der Waals surface area contributed by atoms with Gasteiger partial charge in [-0.05, 0) is 41.7 Å². The molecule has 0 radical (unpaired) electrons. The van der Waals surface area contributed by atoms with E-state index in [9.17, 15) is 19.1 Å². The number of aromatic carboxylic acids is 1. The van der Waals surface area contributed by atoms with Gasteiger partial charge >= 0.3 is 5.97 Å². The van der Waals surface area contributed by atoms with E-state index < -0.39 is 17.8 Å². The SMILES string of the molecule is CC1(C)CC(=O)C2C(=Nc3n[nH]c(C(=O)O)c3C2/C=C/c2ccc(-c3cccc(F)c3)cn2)C1. The Morgan fingerprint density at radius 2 is 2.03 bits per heavy atom. The van der Waals surface area contributed by atoms with Crippen LogP contribution in [0.15, 0.2) is 53.7 Å². The van der Waals surface area contributed by atoms with E-state index in [-0.39, 0.29) is 22.7 Å². The van der Waals surface area contributed by atoms with Crippen LogP contribution in [-0.2, 0) is 4.79 Å². The maximum atomic E-state index is 13.5. The molecule has 0 spiro atoms. The van der Waals surface area contributed by atoms with Crippen molar-refractivity contribution in [1.82, 2.24) is 15.2 Å². The molecule has 3 aromatic rings. The first-order valence-corrected chi connectivity index (χ1v) is 11.0. The average molecular weight is 458 g/mol. The highest BCUT2D eigenvalue weighted by Gasteiger charge is 2.46. The van der Waals surface area contributed by atoms with Gasteiger partial charge < -0.3 is 5.11 Å². The van der Waals surface area contributed by atoms with Crippen molar-refractivity contribution in [1.29, 1.82) is 0 Å². The first-order chi connectivity index (χ1) is 16.2. The Morgan fingerprint density at radius 1 is 1.21 bits per heavy atom. The quantitative estimate of drug-likeness (QED) is 0.559. The van der Waals surface area contributed by atoms with Crippen molar-refractivity contribution in [3.05, 3.63) is 71.4 Å². The molecule has 0 bridgehead atoms. The van der Waals surface area contributed by atoms with Gasteiger partial charge in [-0.2, -0.15) is 5.10 Å². The van der Waals surface area contributed by atoms with Gasteiger partial charge in [-0.25, -0.2) is 14.2 Å². The third kappa shape index (κ3) is 3.96. The van der Waals surface area contributed by atoms with Gasteiger partial charge in [0, 0.05) is 35.4 Å². The lowest BCUT2D eigenvalue weighted by atomic mass is 9.65. The lowest BCUT2D eigenvalue weighted by Crippen LogP contribution is -2.41. The fourth-order valence-corrected chi connectivity index (χ4v) is 4.91. The summed E-state index contributed by atoms with van der Waals surface area (Å²) in [6.07, 6.45) is 6.29. The number of aromatic nitrogens is 3. The number of carboxylic acid groups (broad SMARTS) is 1. The summed E-state index contributed by atoms with van der Waals surface area (Å²) in [5.74, 6) is -2.14. The monoisotopic (exact) mass is 458 g/mol. The molecule has 5 rings (SSSR count). The molecule has 1 aliphatic carbocycles. The number of hydrogen-bond acceptors (Lipinski definition) is 5. The predicted octanol–water partition coefficient (Wildman–Crippen LogP) is 5.20. The molecule has 0 amide bonds. The number of hydrogen-bond donors (Lipinski definition) is 2. The minimum absolute atomic E-state index is 0.0438. The number of carbonyl (C=O) groups is 2. The van der Waals surface area contributed by atoms with Gasteiger partial charge in [-0.3, -0.25) is 14.9 Å². The molecule has 2 aromatic heterocycles. The zero-order valence-corrected chi connectivity index (χ0v) is 18.7. The molecule has 1 saturated carbocycles. The fourth-order valence-electron chi connectivity index (χ4n) is 4.91. The van der Waals surface area contributed by atoms with Crippen LogP contribution >= 0.6 is 0 Å². The number of rotatable bonds is 4. The zero-order valence-electron chi connectivity index (χ0n) is 18.7. The van der Waals surface area contributed by atoms with Crippen LogP contribution in [0.5, 0.6) is 0 Å². The van der Waals surface area contributed by atoms with Crippen LogP contribution in [0.1, 0.15) is 54.4 Å². The third-order valence-corrected chi connectivity index (χ3v) is 6.38. The average Bonchev–Trinajstić information content (AvgIpc) is 3.20. The number of Topliss-reactive ketones (excluding diaryl/α,β-unsaturated/α-hetero) is 1. The lowest BCUT2D eigenvalue weighted by Gasteiger charge is -2.39. The summed E-state index contributed by atoms with van der Waals surface area (Å²) in [5.41, 5.74) is 3.02. The first kappa shape index (κ1) is 21.9. The number of nitrogens with zero attached hydrogens (tertiary/aromatic N) is 3. The van der Waals surface area contributed by atoms with E-state index in [2.05, 4.69) is 20.2 Å². The second-order valence-electron chi connectivity index (χ2n) is 9.57. The summed E-state index contributed by atoms with van der Waals surface area (Å²) in [6, 6.07) is 9.93. The third-order valence-electron chi connectivity index (χ3n) is 6.38. The number of H-pyrrole nitrogens is 1. The summed E-state index contributed by atoms with van der Waals surface area (Å²) >= 11 is 0. The molecule has 1 fully saturated rings. The molecule has 3 heterocycles. The minimum atomic E-state index is -1.15. The van der Waals surface area contributed by atoms with Crippen LogP contribution in [0, 0.1) is 17.2 Å². The van der Waals surface area contributed by atoms with E-state index in [1.807, 2.05) is 32.1 Å². The number of aliphatic imine (C=N–C) groups is 1. The highest BCUT2D eigenvalue weighted by atomic mass is 19.1. The minimum Gasteiger partial charge on any atom is -0.477 e. The van der Waals surface area contributed by atoms with Gasteiger partial charge in [0.25, 0.3) is 0 Å². The molecule has 1 aliphatic heterocycles. The van der Waals surface area contributed by atoms with Crippen LogP contribution in [0.3, 0.4) is 0 Å². The summed E-state index contributed by atoms with van der Waals surface area (Å²) in [4.78, 5) is 34.0. The number of carbonyl (C=O) groups excluding carboxylic acids is 1. The van der Waals surface area contributed by atoms with Crippen molar-refractivity contribution >= 4 is 29.4 Å². The number of halogens is 1. The largest absolute Gasteiger partial charge is 0.477 e. The van der Waals surface area contributed by atoms with E-state index >= 15 is 0 Å². The van der Waals surface area contributed by atoms with E-state index in [1.54, 1.807) is 24.4 Å². The number of allylic oxidation sites excluding steroid dienone is 1. The summed E-state index contributed by atoms with van der Waals surface area (Å²) < 4.78 is 13.5. The summed E-state index contributed by atoms with van der Waals surface area (Å²) in [6.45, 7) is 4.06. The molecule has 172 valence electrons. The van der Waals surface area contributed by atoms with Crippen LogP contribution in [0.2, 0.25) is 0 Å². The maximum absolute atomic E-state index is 13.5. The molecule has 1 aromatic carbocycles. The van der Waals surface area contributed by atoms with Gasteiger partial charge in [-0.1, -0.05) is 38.1 Å². The Morgan fingerprint density at radius 3 is 2.74 bits per heavy atom. The first-order valence-electron chi connectivity index (χ1n) is 11.0. The standard InChI is InChI=1S/C26H23FN4O3/c1-26(2)11-19-21(20(32)12-26)18(22-23(25(33)34)30-31-24(22)29-19)9-8-17-7-6-15(13-28-17)14-4-3-5-16(27)10-14/h3-10,13,18,21H,11-12H2,1-2H3,(H,30,31)(H,33,34)/b9-8+. The van der Waals surface area contributed by atoms with Crippen molar-refractivity contribution in [3.8, 4) is 11.1 Å². The van der Waals surface area contributed by atoms with Crippen LogP contribution in [-0.4, -0.2) is 37.8 Å². The molecule has 8 heteroatoms. The van der Waals surface area contributed by atoms with Gasteiger partial charge in [0.15, 0.2) is 5.82 Å². The van der Waals surface area contributed by atoms with Crippen LogP contribution in [0.25, 0.3) is 17.2 Å². The number of carboxylic acids is 1. The Kier molecular flexibility index (Phi) is 5.23. The second kappa shape index (κ2) is 8.13. The number of benzene rings is 1. The fraction of sp³-hybridized carbons (Fsp3) is 0.269. The van der Waals surface area contributed by atoms with E-state index in [1.165, 1.54) is 12.1 Å². The van der Waals surface area contributed by atoms with Gasteiger partial charge in [0.05, 0.1) is 11.6 Å². The second-order valence-corrected chi connectivity index (χ2v) is 9.57. The molecule has 2 N–H and O–H groups in total. The number of pyridine rings is 1. The van der Waals surface area contributed by atoms with Crippen molar-refractivity contribution in [2.45, 2.75) is 32.6 Å². The number of fused-ring (bicyclic) bond motifs is 2. The lowest BCUT2D eigenvalue weighted by molar-refractivity contribution is -0.124. The van der Waals surface area contributed by atoms with Gasteiger partial charge in [0.2, 0.25) is 0 Å². The molecule has 2 atom stereocenters. The Labute approximate surface area is 195 Å². The van der Waals surface area contributed by atoms with E-state index in [0.29, 0.717) is 29.9 Å². The molecular formula is C26H23FN4O3. The normalized spacial score (nSPS) is 21.1. The molecule has 2 unspecified atom stereocenters. The van der Waals surface area contributed by atoms with Crippen molar-refractivity contribution < 1.29 is 19.1 Å². The molecule has 34 heavy (non-hydrogen) atoms. The molecular weight excluding hydrogens is 435 g/mol.